The molecular formula is C14H28N2O. The van der Waals surface area contributed by atoms with E-state index >= 15 is 0 Å². The largest absolute Gasteiger partial charge is 0.376 e. The average Bonchev–Trinajstić information content (AvgIpc) is 2.35. The molecule has 0 aromatic carbocycles. The maximum atomic E-state index is 5.66. The molecule has 2 saturated heterocycles. The molecule has 17 heavy (non-hydrogen) atoms. The highest BCUT2D eigenvalue weighted by molar-refractivity contribution is 4.77. The van der Waals surface area contributed by atoms with Gasteiger partial charge >= 0.3 is 0 Å². The van der Waals surface area contributed by atoms with E-state index in [1.807, 2.05) is 0 Å². The average molecular weight is 240 g/mol. The molecule has 100 valence electrons. The molecule has 3 atom stereocenters. The number of hydrogen-bond donors (Lipinski definition) is 1. The summed E-state index contributed by atoms with van der Waals surface area (Å²) in [7, 11) is 0. The van der Waals surface area contributed by atoms with Crippen molar-refractivity contribution in [2.24, 2.45) is 0 Å². The van der Waals surface area contributed by atoms with Gasteiger partial charge in [-0.25, -0.2) is 0 Å². The third-order valence-electron chi connectivity index (χ3n) is 4.15. The molecule has 3 heteroatoms. The van der Waals surface area contributed by atoms with Crippen molar-refractivity contribution in [1.82, 2.24) is 10.2 Å². The van der Waals surface area contributed by atoms with Gasteiger partial charge in [-0.1, -0.05) is 6.42 Å². The number of nitrogens with zero attached hydrogens (tertiary/aromatic N) is 1. The van der Waals surface area contributed by atoms with Gasteiger partial charge in [-0.05, 0) is 52.6 Å². The summed E-state index contributed by atoms with van der Waals surface area (Å²) in [6.07, 6.45) is 7.26. The zero-order valence-electron chi connectivity index (χ0n) is 11.5. The molecule has 0 radical (unpaired) electrons. The van der Waals surface area contributed by atoms with Gasteiger partial charge in [-0.3, -0.25) is 4.90 Å². The molecule has 1 N–H and O–H groups in total. The summed E-state index contributed by atoms with van der Waals surface area (Å²) >= 11 is 0. The van der Waals surface area contributed by atoms with Crippen LogP contribution in [0, 0.1) is 0 Å². The van der Waals surface area contributed by atoms with Crippen LogP contribution in [0.5, 0.6) is 0 Å². The van der Waals surface area contributed by atoms with Crippen molar-refractivity contribution in [2.45, 2.75) is 64.1 Å². The summed E-state index contributed by atoms with van der Waals surface area (Å²) in [5.41, 5.74) is 0. The van der Waals surface area contributed by atoms with Gasteiger partial charge < -0.3 is 10.1 Å². The lowest BCUT2D eigenvalue weighted by Crippen LogP contribution is -2.47. The van der Waals surface area contributed by atoms with E-state index in [-0.39, 0.29) is 0 Å². The Morgan fingerprint density at radius 2 is 2.18 bits per heavy atom. The Kier molecular flexibility index (Phi) is 5.26. The van der Waals surface area contributed by atoms with Crippen LogP contribution in [-0.4, -0.2) is 49.3 Å². The molecule has 0 bridgehead atoms. The minimum Gasteiger partial charge on any atom is -0.376 e. The second-order valence-corrected chi connectivity index (χ2v) is 5.78. The standard InChI is InChI=1S/C14H28N2O/c1-12-11-17-13(2)10-16(12)9-5-7-14-6-3-4-8-15-14/h12-15H,3-11H2,1-2H3. The maximum Gasteiger partial charge on any atom is 0.0674 e. The molecule has 2 rings (SSSR count). The normalized spacial score (nSPS) is 36.0. The van der Waals surface area contributed by atoms with Crippen LogP contribution >= 0.6 is 0 Å². The molecule has 3 unspecified atom stereocenters. The lowest BCUT2D eigenvalue weighted by molar-refractivity contribution is -0.0498. The van der Waals surface area contributed by atoms with Crippen LogP contribution in [0.1, 0.15) is 46.0 Å². The minimum absolute atomic E-state index is 0.416. The molecule has 2 heterocycles. The third kappa shape index (κ3) is 4.23. The van der Waals surface area contributed by atoms with Crippen LogP contribution in [0.15, 0.2) is 0 Å². The molecule has 2 fully saturated rings. The second-order valence-electron chi connectivity index (χ2n) is 5.78. The van der Waals surface area contributed by atoms with E-state index in [2.05, 4.69) is 24.1 Å². The van der Waals surface area contributed by atoms with E-state index in [9.17, 15) is 0 Å². The van der Waals surface area contributed by atoms with E-state index in [0.717, 1.165) is 19.2 Å². The highest BCUT2D eigenvalue weighted by Crippen LogP contribution is 2.15. The molecule has 0 spiro atoms. The summed E-state index contributed by atoms with van der Waals surface area (Å²) in [4.78, 5) is 2.59. The van der Waals surface area contributed by atoms with Crippen molar-refractivity contribution in [3.8, 4) is 0 Å². The molecule has 0 aromatic heterocycles. The fraction of sp³-hybridized carbons (Fsp3) is 1.00. The first-order valence-corrected chi connectivity index (χ1v) is 7.34. The summed E-state index contributed by atoms with van der Waals surface area (Å²) in [5.74, 6) is 0. The van der Waals surface area contributed by atoms with Crippen molar-refractivity contribution < 1.29 is 4.74 Å². The molecule has 2 aliphatic heterocycles. The van der Waals surface area contributed by atoms with Crippen LogP contribution in [0.3, 0.4) is 0 Å². The predicted octanol–water partition coefficient (Wildman–Crippen LogP) is 2.02. The topological polar surface area (TPSA) is 24.5 Å². The van der Waals surface area contributed by atoms with Crippen LogP contribution in [0.25, 0.3) is 0 Å². The van der Waals surface area contributed by atoms with E-state index in [1.165, 1.54) is 45.2 Å². The Hall–Kier alpha value is -0.120. The molecule has 0 saturated carbocycles. The van der Waals surface area contributed by atoms with Crippen molar-refractivity contribution in [3.63, 3.8) is 0 Å². The van der Waals surface area contributed by atoms with Gasteiger partial charge in [0.2, 0.25) is 0 Å². The van der Waals surface area contributed by atoms with Gasteiger partial charge in [0, 0.05) is 18.6 Å². The molecule has 0 aliphatic carbocycles. The fourth-order valence-electron chi connectivity index (χ4n) is 2.99. The highest BCUT2D eigenvalue weighted by Gasteiger charge is 2.23. The first-order valence-electron chi connectivity index (χ1n) is 7.34. The monoisotopic (exact) mass is 240 g/mol. The second kappa shape index (κ2) is 6.72. The van der Waals surface area contributed by atoms with Crippen molar-refractivity contribution in [1.29, 1.82) is 0 Å². The molecule has 2 aliphatic rings. The van der Waals surface area contributed by atoms with Gasteiger partial charge in [-0.15, -0.1) is 0 Å². The van der Waals surface area contributed by atoms with E-state index in [0.29, 0.717) is 12.1 Å². The minimum atomic E-state index is 0.416. The van der Waals surface area contributed by atoms with Crippen molar-refractivity contribution in [2.75, 3.05) is 26.2 Å². The lowest BCUT2D eigenvalue weighted by atomic mass is 10.0. The maximum absolute atomic E-state index is 5.66. The smallest absolute Gasteiger partial charge is 0.0674 e. The van der Waals surface area contributed by atoms with Crippen LogP contribution < -0.4 is 5.32 Å². The number of morpholine rings is 1. The van der Waals surface area contributed by atoms with E-state index in [4.69, 9.17) is 4.74 Å². The van der Waals surface area contributed by atoms with Crippen molar-refractivity contribution in [3.05, 3.63) is 0 Å². The number of nitrogens with one attached hydrogen (secondary N) is 1. The van der Waals surface area contributed by atoms with Gasteiger partial charge in [0.05, 0.1) is 12.7 Å². The third-order valence-corrected chi connectivity index (χ3v) is 4.15. The number of piperidine rings is 1. The Morgan fingerprint density at radius 3 is 2.94 bits per heavy atom. The van der Waals surface area contributed by atoms with Crippen LogP contribution in [0.4, 0.5) is 0 Å². The van der Waals surface area contributed by atoms with Gasteiger partial charge in [0.15, 0.2) is 0 Å². The summed E-state index contributed by atoms with van der Waals surface area (Å²) < 4.78 is 5.66. The predicted molar refractivity (Wildman–Crippen MR) is 71.3 cm³/mol. The highest BCUT2D eigenvalue weighted by atomic mass is 16.5. The summed E-state index contributed by atoms with van der Waals surface area (Å²) in [6, 6.07) is 1.39. The summed E-state index contributed by atoms with van der Waals surface area (Å²) in [6.45, 7) is 8.96. The Bertz CT molecular complexity index is 216. The summed E-state index contributed by atoms with van der Waals surface area (Å²) in [5, 5.41) is 3.63. The Labute approximate surface area is 106 Å². The Balaban J connectivity index is 1.63. The SMILES string of the molecule is CC1CN(CCCC2CCCCN2)C(C)CO1. The van der Waals surface area contributed by atoms with Gasteiger partial charge in [0.1, 0.15) is 0 Å². The number of hydrogen-bond acceptors (Lipinski definition) is 3. The molecular weight excluding hydrogens is 212 g/mol. The van der Waals surface area contributed by atoms with Gasteiger partial charge in [-0.2, -0.15) is 0 Å². The first-order chi connectivity index (χ1) is 8.25. The molecule has 0 aromatic rings. The van der Waals surface area contributed by atoms with E-state index in [1.54, 1.807) is 0 Å². The number of rotatable bonds is 4. The number of ether oxygens (including phenoxy) is 1. The zero-order chi connectivity index (χ0) is 12.1. The van der Waals surface area contributed by atoms with Crippen LogP contribution in [-0.2, 0) is 4.74 Å². The molecule has 3 nitrogen and oxygen atoms in total. The quantitative estimate of drug-likeness (QED) is 0.813. The first kappa shape index (κ1) is 13.3. The van der Waals surface area contributed by atoms with Crippen molar-refractivity contribution >= 4 is 0 Å². The lowest BCUT2D eigenvalue weighted by Gasteiger charge is -2.37. The van der Waals surface area contributed by atoms with Gasteiger partial charge in [0.25, 0.3) is 0 Å². The van der Waals surface area contributed by atoms with Crippen LogP contribution in [0.2, 0.25) is 0 Å². The molecule has 0 amide bonds. The Morgan fingerprint density at radius 1 is 1.29 bits per heavy atom. The fourth-order valence-corrected chi connectivity index (χ4v) is 2.99. The van der Waals surface area contributed by atoms with E-state index < -0.39 is 0 Å². The zero-order valence-corrected chi connectivity index (χ0v) is 11.5.